The summed E-state index contributed by atoms with van der Waals surface area (Å²) in [5, 5.41) is 2.77. The van der Waals surface area contributed by atoms with Crippen LogP contribution < -0.4 is 5.32 Å². The van der Waals surface area contributed by atoms with Crippen LogP contribution in [0.15, 0.2) is 18.2 Å². The van der Waals surface area contributed by atoms with Gasteiger partial charge in [-0.3, -0.25) is 14.4 Å². The highest BCUT2D eigenvalue weighted by molar-refractivity contribution is 5.87. The van der Waals surface area contributed by atoms with Crippen molar-refractivity contribution < 1.29 is 23.2 Å². The fraction of sp³-hybridized carbons (Fsp3) is 0.640. The zero-order valence-corrected chi connectivity index (χ0v) is 20.7. The first-order valence-corrected chi connectivity index (χ1v) is 11.8. The quantitative estimate of drug-likeness (QED) is 0.705. The maximum atomic E-state index is 14.5. The second-order valence-electron chi connectivity index (χ2n) is 10.8. The Labute approximate surface area is 200 Å². The summed E-state index contributed by atoms with van der Waals surface area (Å²) in [6, 6.07) is 2.92. The number of piperazine rings is 1. The number of likely N-dealkylation sites (tertiary alicyclic amines) is 1. The Hall–Kier alpha value is -2.55. The van der Waals surface area contributed by atoms with E-state index in [2.05, 4.69) is 5.32 Å². The number of nitrogens with zero attached hydrogens (tertiary/aromatic N) is 3. The summed E-state index contributed by atoms with van der Waals surface area (Å²) >= 11 is 0. The topological polar surface area (TPSA) is 73.0 Å². The Bertz CT molecular complexity index is 925. The Morgan fingerprint density at radius 3 is 2.24 bits per heavy atom. The van der Waals surface area contributed by atoms with Gasteiger partial charge in [-0.2, -0.15) is 0 Å². The molecule has 2 aliphatic rings. The first kappa shape index (κ1) is 26.1. The van der Waals surface area contributed by atoms with Crippen molar-refractivity contribution in [2.45, 2.75) is 46.1 Å². The molecule has 2 fully saturated rings. The minimum Gasteiger partial charge on any atom is -0.345 e. The van der Waals surface area contributed by atoms with Gasteiger partial charge in [-0.1, -0.05) is 26.8 Å². The molecule has 0 radical (unpaired) electrons. The maximum absolute atomic E-state index is 14.5. The molecule has 3 rings (SSSR count). The monoisotopic (exact) mass is 478 g/mol. The van der Waals surface area contributed by atoms with Crippen molar-refractivity contribution >= 4 is 17.7 Å². The van der Waals surface area contributed by atoms with E-state index in [-0.39, 0.29) is 29.1 Å². The van der Waals surface area contributed by atoms with E-state index in [1.807, 2.05) is 32.7 Å². The number of amides is 3. The van der Waals surface area contributed by atoms with Crippen LogP contribution in [0.25, 0.3) is 0 Å². The molecular formula is C25H36F2N4O3. The number of nitrogens with one attached hydrogen (secondary N) is 1. The molecule has 1 aromatic carbocycles. The normalized spacial score (nSPS) is 22.6. The van der Waals surface area contributed by atoms with Gasteiger partial charge >= 0.3 is 0 Å². The minimum atomic E-state index is -0.639. The zero-order valence-electron chi connectivity index (χ0n) is 20.7. The first-order chi connectivity index (χ1) is 15.9. The Morgan fingerprint density at radius 2 is 1.68 bits per heavy atom. The highest BCUT2D eigenvalue weighted by atomic mass is 19.1. The molecule has 7 nitrogen and oxygen atoms in total. The number of hydrogen-bond donors (Lipinski definition) is 1. The SMILES string of the molecule is CC(=O)N[C@@H](CC(C)(C)C)C(=O)N1CCN(C(=O)[C@@H]2CN(C)C[C@H]2c2ccc(F)cc2F)CC1. The van der Waals surface area contributed by atoms with E-state index in [0.29, 0.717) is 51.3 Å². The summed E-state index contributed by atoms with van der Waals surface area (Å²) in [5.41, 5.74) is 0.220. The summed E-state index contributed by atoms with van der Waals surface area (Å²) in [7, 11) is 1.88. The lowest BCUT2D eigenvalue weighted by Crippen LogP contribution is -2.57. The molecular weight excluding hydrogens is 442 g/mol. The molecule has 9 heteroatoms. The van der Waals surface area contributed by atoms with Gasteiger partial charge in [-0.05, 0) is 30.5 Å². The van der Waals surface area contributed by atoms with Crippen LogP contribution in [0.5, 0.6) is 0 Å². The summed E-state index contributed by atoms with van der Waals surface area (Å²) in [6.07, 6.45) is 0.518. The van der Waals surface area contributed by atoms with Crippen LogP contribution in [0.3, 0.4) is 0 Å². The largest absolute Gasteiger partial charge is 0.345 e. The second kappa shape index (κ2) is 10.4. The Balaban J connectivity index is 1.66. The third-order valence-corrected chi connectivity index (χ3v) is 6.58. The predicted molar refractivity (Wildman–Crippen MR) is 125 cm³/mol. The number of hydrogen-bond acceptors (Lipinski definition) is 4. The van der Waals surface area contributed by atoms with Gasteiger partial charge in [0, 0.05) is 58.2 Å². The standard InChI is InChI=1S/C25H36F2N4O3/c1-16(32)28-22(13-25(2,3)4)24(34)31-10-8-30(9-11-31)23(33)20-15-29(5)14-19(20)18-7-6-17(26)12-21(18)27/h6-7,12,19-20,22H,8-11,13-15H2,1-5H3,(H,28,32)/t19-,20+,22-/m0/s1. The van der Waals surface area contributed by atoms with Gasteiger partial charge in [0.05, 0.1) is 5.92 Å². The van der Waals surface area contributed by atoms with Crippen molar-refractivity contribution in [3.8, 4) is 0 Å². The van der Waals surface area contributed by atoms with E-state index in [9.17, 15) is 23.2 Å². The van der Waals surface area contributed by atoms with Gasteiger partial charge in [-0.25, -0.2) is 8.78 Å². The average molecular weight is 479 g/mol. The molecule has 188 valence electrons. The minimum absolute atomic E-state index is 0.0710. The van der Waals surface area contributed by atoms with Crippen LogP contribution in [0.2, 0.25) is 0 Å². The van der Waals surface area contributed by atoms with E-state index in [0.717, 1.165) is 6.07 Å². The molecule has 0 saturated carbocycles. The molecule has 2 saturated heterocycles. The third-order valence-electron chi connectivity index (χ3n) is 6.58. The molecule has 3 amide bonds. The fourth-order valence-corrected chi connectivity index (χ4v) is 5.03. The van der Waals surface area contributed by atoms with Crippen LogP contribution in [0, 0.1) is 23.0 Å². The molecule has 0 unspecified atom stereocenters. The summed E-state index contributed by atoms with van der Waals surface area (Å²) in [5.74, 6) is -2.51. The number of likely N-dealkylation sites (N-methyl/N-ethyl adjacent to an activating group) is 1. The summed E-state index contributed by atoms with van der Waals surface area (Å²) in [6.45, 7) is 9.99. The average Bonchev–Trinajstić information content (AvgIpc) is 3.12. The van der Waals surface area contributed by atoms with Gasteiger partial charge < -0.3 is 20.0 Å². The molecule has 3 atom stereocenters. The van der Waals surface area contributed by atoms with Crippen molar-refractivity contribution in [2.24, 2.45) is 11.3 Å². The van der Waals surface area contributed by atoms with Gasteiger partial charge in [0.15, 0.2) is 0 Å². The van der Waals surface area contributed by atoms with Crippen molar-refractivity contribution in [2.75, 3.05) is 46.3 Å². The molecule has 2 aliphatic heterocycles. The molecule has 1 N–H and O–H groups in total. The number of carbonyl (C=O) groups excluding carboxylic acids is 3. The Morgan fingerprint density at radius 1 is 1.06 bits per heavy atom. The molecule has 0 spiro atoms. The third kappa shape index (κ3) is 6.31. The van der Waals surface area contributed by atoms with Crippen molar-refractivity contribution in [3.05, 3.63) is 35.4 Å². The van der Waals surface area contributed by atoms with E-state index in [1.165, 1.54) is 19.1 Å². The highest BCUT2D eigenvalue weighted by Crippen LogP contribution is 2.35. The van der Waals surface area contributed by atoms with Gasteiger partial charge in [0.1, 0.15) is 17.7 Å². The molecule has 0 aliphatic carbocycles. The predicted octanol–water partition coefficient (Wildman–Crippen LogP) is 2.22. The van der Waals surface area contributed by atoms with Crippen LogP contribution >= 0.6 is 0 Å². The number of rotatable bonds is 5. The number of benzene rings is 1. The summed E-state index contributed by atoms with van der Waals surface area (Å²) < 4.78 is 27.9. The highest BCUT2D eigenvalue weighted by Gasteiger charge is 2.41. The van der Waals surface area contributed by atoms with Crippen molar-refractivity contribution in [1.29, 1.82) is 0 Å². The molecule has 34 heavy (non-hydrogen) atoms. The van der Waals surface area contributed by atoms with Crippen LogP contribution in [0.4, 0.5) is 8.78 Å². The van der Waals surface area contributed by atoms with E-state index in [4.69, 9.17) is 0 Å². The van der Waals surface area contributed by atoms with Crippen molar-refractivity contribution in [3.63, 3.8) is 0 Å². The van der Waals surface area contributed by atoms with Gasteiger partial charge in [0.25, 0.3) is 0 Å². The number of carbonyl (C=O) groups is 3. The lowest BCUT2D eigenvalue weighted by molar-refractivity contribution is -0.144. The van der Waals surface area contributed by atoms with Crippen molar-refractivity contribution in [1.82, 2.24) is 20.0 Å². The van der Waals surface area contributed by atoms with E-state index < -0.39 is 23.6 Å². The maximum Gasteiger partial charge on any atom is 0.245 e. The first-order valence-electron chi connectivity index (χ1n) is 11.8. The molecule has 2 heterocycles. The van der Waals surface area contributed by atoms with Crippen LogP contribution in [-0.4, -0.2) is 84.8 Å². The molecule has 0 bridgehead atoms. The fourth-order valence-electron chi connectivity index (χ4n) is 5.03. The number of halogens is 2. The van der Waals surface area contributed by atoms with Crippen LogP contribution in [0.1, 0.15) is 45.6 Å². The van der Waals surface area contributed by atoms with Crippen LogP contribution in [-0.2, 0) is 14.4 Å². The van der Waals surface area contributed by atoms with Gasteiger partial charge in [0.2, 0.25) is 17.7 Å². The lowest BCUT2D eigenvalue weighted by atomic mass is 9.87. The summed E-state index contributed by atoms with van der Waals surface area (Å²) in [4.78, 5) is 43.6. The lowest BCUT2D eigenvalue weighted by Gasteiger charge is -2.38. The molecule has 1 aromatic rings. The van der Waals surface area contributed by atoms with Gasteiger partial charge in [-0.15, -0.1) is 0 Å². The van der Waals surface area contributed by atoms with E-state index in [1.54, 1.807) is 9.80 Å². The Kier molecular flexibility index (Phi) is 7.95. The zero-order chi connectivity index (χ0) is 25.2. The smallest absolute Gasteiger partial charge is 0.245 e. The molecule has 0 aromatic heterocycles. The van der Waals surface area contributed by atoms with E-state index >= 15 is 0 Å². The second-order valence-corrected chi connectivity index (χ2v) is 10.8.